The normalized spacial score (nSPS) is 15.8. The molecule has 1 aliphatic heterocycles. The predicted octanol–water partition coefficient (Wildman–Crippen LogP) is 3.68. The maximum Gasteiger partial charge on any atom is 0.265 e. The van der Waals surface area contributed by atoms with Crippen molar-refractivity contribution in [2.24, 2.45) is 0 Å². The van der Waals surface area contributed by atoms with Crippen molar-refractivity contribution in [2.45, 2.75) is 24.8 Å². The lowest BCUT2D eigenvalue weighted by Crippen LogP contribution is -2.43. The number of anilines is 2. The Kier molecular flexibility index (Phi) is 3.73. The van der Waals surface area contributed by atoms with Gasteiger partial charge < -0.3 is 5.32 Å². The number of nitrogens with one attached hydrogen (secondary N) is 1. The third-order valence-corrected chi connectivity index (χ3v) is 6.60. The maximum atomic E-state index is 13.1. The molecule has 0 saturated heterocycles. The Balaban J connectivity index is 1.72. The predicted molar refractivity (Wildman–Crippen MR) is 103 cm³/mol. The summed E-state index contributed by atoms with van der Waals surface area (Å²) in [6.07, 6.45) is 0. The van der Waals surface area contributed by atoms with Crippen LogP contribution < -0.4 is 9.62 Å². The van der Waals surface area contributed by atoms with Crippen LogP contribution >= 0.6 is 0 Å². The highest BCUT2D eigenvalue weighted by atomic mass is 32.2. The van der Waals surface area contributed by atoms with Gasteiger partial charge in [-0.05, 0) is 43.5 Å². The summed E-state index contributed by atoms with van der Waals surface area (Å²) in [5.41, 5.74) is 2.27. The zero-order valence-corrected chi connectivity index (χ0v) is 15.2. The van der Waals surface area contributed by atoms with E-state index < -0.39 is 16.1 Å². The molecular formula is C20H18N2O3S. The molecule has 6 heteroatoms. The standard InChI is InChI=1S/C20H18N2O3S/c1-13-9-11-16(12-10-13)21-20(23)14(2)22-17-7-3-5-15-6-4-8-18(19(15)17)26(22,24)25/h3-12,14H,1-2H3,(H,21,23)/t14-/m0/s1. The van der Waals surface area contributed by atoms with Gasteiger partial charge in [-0.1, -0.05) is 42.0 Å². The average Bonchev–Trinajstić information content (AvgIpc) is 2.85. The fraction of sp³-hybridized carbons (Fsp3) is 0.150. The lowest BCUT2D eigenvalue weighted by Gasteiger charge is -2.25. The molecule has 0 unspecified atom stereocenters. The van der Waals surface area contributed by atoms with Gasteiger partial charge >= 0.3 is 0 Å². The van der Waals surface area contributed by atoms with E-state index in [2.05, 4.69) is 5.32 Å². The van der Waals surface area contributed by atoms with E-state index in [1.54, 1.807) is 43.3 Å². The van der Waals surface area contributed by atoms with Gasteiger partial charge in [0, 0.05) is 11.1 Å². The molecule has 0 aromatic heterocycles. The number of sulfonamides is 1. The van der Waals surface area contributed by atoms with Gasteiger partial charge in [0.15, 0.2) is 0 Å². The van der Waals surface area contributed by atoms with Crippen LogP contribution in [0.4, 0.5) is 11.4 Å². The van der Waals surface area contributed by atoms with Crippen LogP contribution in [-0.4, -0.2) is 20.4 Å². The molecular weight excluding hydrogens is 348 g/mol. The van der Waals surface area contributed by atoms with Crippen LogP contribution in [0.2, 0.25) is 0 Å². The fourth-order valence-corrected chi connectivity index (χ4v) is 5.19. The van der Waals surface area contributed by atoms with Crippen molar-refractivity contribution in [3.63, 3.8) is 0 Å². The number of hydrogen-bond donors (Lipinski definition) is 1. The van der Waals surface area contributed by atoms with Gasteiger partial charge in [-0.15, -0.1) is 0 Å². The summed E-state index contributed by atoms with van der Waals surface area (Å²) >= 11 is 0. The minimum atomic E-state index is -3.77. The van der Waals surface area contributed by atoms with Crippen LogP contribution in [0.3, 0.4) is 0 Å². The highest BCUT2D eigenvalue weighted by Crippen LogP contribution is 2.43. The molecule has 0 fully saturated rings. The largest absolute Gasteiger partial charge is 0.324 e. The van der Waals surface area contributed by atoms with Crippen LogP contribution in [0.1, 0.15) is 12.5 Å². The minimum Gasteiger partial charge on any atom is -0.324 e. The maximum absolute atomic E-state index is 13.1. The van der Waals surface area contributed by atoms with Gasteiger partial charge in [0.05, 0.1) is 10.6 Å². The summed E-state index contributed by atoms with van der Waals surface area (Å²) < 4.78 is 27.3. The highest BCUT2D eigenvalue weighted by Gasteiger charge is 2.40. The molecule has 132 valence electrons. The van der Waals surface area contributed by atoms with Crippen LogP contribution in [0, 0.1) is 6.92 Å². The molecule has 0 saturated carbocycles. The Labute approximate surface area is 152 Å². The van der Waals surface area contributed by atoms with Crippen LogP contribution in [0.15, 0.2) is 65.6 Å². The van der Waals surface area contributed by atoms with Crippen LogP contribution in [0.25, 0.3) is 10.8 Å². The number of carbonyl (C=O) groups is 1. The van der Waals surface area contributed by atoms with E-state index in [1.807, 2.05) is 31.2 Å². The third-order valence-electron chi connectivity index (χ3n) is 4.67. The van der Waals surface area contributed by atoms with Crippen molar-refractivity contribution >= 4 is 38.1 Å². The number of benzene rings is 3. The van der Waals surface area contributed by atoms with Crippen molar-refractivity contribution in [2.75, 3.05) is 9.62 Å². The molecule has 1 atom stereocenters. The van der Waals surface area contributed by atoms with Crippen molar-refractivity contribution in [1.82, 2.24) is 0 Å². The summed E-state index contributed by atoms with van der Waals surface area (Å²) in [4.78, 5) is 13.0. The summed E-state index contributed by atoms with van der Waals surface area (Å²) in [7, 11) is -3.77. The Morgan fingerprint density at radius 1 is 1.00 bits per heavy atom. The number of carbonyl (C=O) groups excluding carboxylic acids is 1. The molecule has 1 N–H and O–H groups in total. The molecule has 0 aliphatic carbocycles. The first-order valence-electron chi connectivity index (χ1n) is 8.33. The monoisotopic (exact) mass is 366 g/mol. The molecule has 26 heavy (non-hydrogen) atoms. The van der Waals surface area contributed by atoms with Crippen molar-refractivity contribution in [3.8, 4) is 0 Å². The highest BCUT2D eigenvalue weighted by molar-refractivity contribution is 7.93. The molecule has 1 aliphatic rings. The Morgan fingerprint density at radius 2 is 1.65 bits per heavy atom. The lowest BCUT2D eigenvalue weighted by atomic mass is 10.1. The molecule has 0 radical (unpaired) electrons. The Morgan fingerprint density at radius 3 is 2.35 bits per heavy atom. The van der Waals surface area contributed by atoms with Gasteiger partial charge in [0.2, 0.25) is 5.91 Å². The summed E-state index contributed by atoms with van der Waals surface area (Å²) in [5, 5.41) is 4.31. The first kappa shape index (κ1) is 16.6. The van der Waals surface area contributed by atoms with Gasteiger partial charge in [0.25, 0.3) is 10.0 Å². The zero-order chi connectivity index (χ0) is 18.5. The molecule has 5 nitrogen and oxygen atoms in total. The van der Waals surface area contributed by atoms with Crippen LogP contribution in [0.5, 0.6) is 0 Å². The molecule has 3 aromatic rings. The molecule has 1 amide bonds. The van der Waals surface area contributed by atoms with E-state index in [9.17, 15) is 13.2 Å². The smallest absolute Gasteiger partial charge is 0.265 e. The molecule has 1 heterocycles. The lowest BCUT2D eigenvalue weighted by molar-refractivity contribution is -0.116. The van der Waals surface area contributed by atoms with E-state index in [0.717, 1.165) is 10.9 Å². The molecule has 0 bridgehead atoms. The minimum absolute atomic E-state index is 0.251. The SMILES string of the molecule is Cc1ccc(NC(=O)[C@H](C)N2c3cccc4cccc(c34)S2(=O)=O)cc1. The average molecular weight is 366 g/mol. The fourth-order valence-electron chi connectivity index (χ4n) is 3.33. The summed E-state index contributed by atoms with van der Waals surface area (Å²) in [6.45, 7) is 3.56. The topological polar surface area (TPSA) is 66.5 Å². The van der Waals surface area contributed by atoms with Crippen molar-refractivity contribution < 1.29 is 13.2 Å². The van der Waals surface area contributed by atoms with E-state index in [1.165, 1.54) is 4.31 Å². The number of hydrogen-bond acceptors (Lipinski definition) is 3. The molecule has 0 spiro atoms. The second kappa shape index (κ2) is 5.85. The number of rotatable bonds is 3. The second-order valence-electron chi connectivity index (χ2n) is 6.46. The summed E-state index contributed by atoms with van der Waals surface area (Å²) in [6, 6.07) is 17.1. The first-order chi connectivity index (χ1) is 12.4. The van der Waals surface area contributed by atoms with Gasteiger partial charge in [-0.2, -0.15) is 0 Å². The molecule has 4 rings (SSSR count). The number of nitrogens with zero attached hydrogens (tertiary/aromatic N) is 1. The van der Waals surface area contributed by atoms with Gasteiger partial charge in [0.1, 0.15) is 6.04 Å². The quantitative estimate of drug-likeness (QED) is 0.769. The van der Waals surface area contributed by atoms with E-state index in [0.29, 0.717) is 16.8 Å². The van der Waals surface area contributed by atoms with Gasteiger partial charge in [-0.3, -0.25) is 9.10 Å². The Bertz CT molecular complexity index is 1120. The van der Waals surface area contributed by atoms with Gasteiger partial charge in [-0.25, -0.2) is 8.42 Å². The number of aryl methyl sites for hydroxylation is 1. The molecule has 3 aromatic carbocycles. The Hall–Kier alpha value is -2.86. The van der Waals surface area contributed by atoms with Crippen LogP contribution in [-0.2, 0) is 14.8 Å². The van der Waals surface area contributed by atoms with E-state index >= 15 is 0 Å². The second-order valence-corrected chi connectivity index (χ2v) is 8.25. The summed E-state index contributed by atoms with van der Waals surface area (Å²) in [5.74, 6) is -0.373. The van der Waals surface area contributed by atoms with Crippen molar-refractivity contribution in [3.05, 3.63) is 66.2 Å². The van der Waals surface area contributed by atoms with E-state index in [4.69, 9.17) is 0 Å². The van der Waals surface area contributed by atoms with Crippen molar-refractivity contribution in [1.29, 1.82) is 0 Å². The zero-order valence-electron chi connectivity index (χ0n) is 14.4. The third kappa shape index (κ3) is 2.45. The van der Waals surface area contributed by atoms with E-state index in [-0.39, 0.29) is 10.8 Å². The first-order valence-corrected chi connectivity index (χ1v) is 9.77. The number of amides is 1.